The van der Waals surface area contributed by atoms with Gasteiger partial charge in [-0.2, -0.15) is 4.98 Å². The van der Waals surface area contributed by atoms with Gasteiger partial charge in [0, 0.05) is 18.4 Å². The minimum Gasteiger partial charge on any atom is -0.481 e. The molecule has 1 aliphatic carbocycles. The zero-order chi connectivity index (χ0) is 22.1. The number of carboxylic acid groups (broad SMARTS) is 1. The van der Waals surface area contributed by atoms with E-state index in [1.54, 1.807) is 0 Å². The van der Waals surface area contributed by atoms with E-state index >= 15 is 0 Å². The summed E-state index contributed by atoms with van der Waals surface area (Å²) in [5.41, 5.74) is 5.14. The Bertz CT molecular complexity index is 1170. The topological polar surface area (TPSA) is 97.3 Å². The minimum atomic E-state index is -0.716. The molecule has 1 aliphatic heterocycles. The Balaban J connectivity index is 1.36. The SMILES string of the molecule is O=C(O)C1CC=C(c2ccc(-c3nc4nc(OC5CCOCC5)[nH]c4cc3Cl)cc2)CC1. The molecule has 1 fully saturated rings. The van der Waals surface area contributed by atoms with Crippen molar-refractivity contribution < 1.29 is 19.4 Å². The Morgan fingerprint density at radius 2 is 1.88 bits per heavy atom. The molecule has 0 amide bonds. The summed E-state index contributed by atoms with van der Waals surface area (Å²) in [4.78, 5) is 23.5. The van der Waals surface area contributed by atoms with Gasteiger partial charge in [0.2, 0.25) is 0 Å². The summed E-state index contributed by atoms with van der Waals surface area (Å²) >= 11 is 6.54. The molecule has 1 saturated heterocycles. The monoisotopic (exact) mass is 453 g/mol. The van der Waals surface area contributed by atoms with Crippen molar-refractivity contribution in [3.05, 3.63) is 47.0 Å². The van der Waals surface area contributed by atoms with E-state index in [1.165, 1.54) is 5.57 Å². The summed E-state index contributed by atoms with van der Waals surface area (Å²) in [6.45, 7) is 1.40. The number of hydrogen-bond acceptors (Lipinski definition) is 5. The smallest absolute Gasteiger partial charge is 0.306 e. The van der Waals surface area contributed by atoms with E-state index in [9.17, 15) is 9.90 Å². The Morgan fingerprint density at radius 1 is 1.12 bits per heavy atom. The highest BCUT2D eigenvalue weighted by atomic mass is 35.5. The molecule has 8 heteroatoms. The summed E-state index contributed by atoms with van der Waals surface area (Å²) in [6.07, 6.45) is 5.83. The Labute approximate surface area is 190 Å². The summed E-state index contributed by atoms with van der Waals surface area (Å²) in [5, 5.41) is 9.71. The summed E-state index contributed by atoms with van der Waals surface area (Å²) in [6, 6.07) is 10.3. The molecule has 0 saturated carbocycles. The number of aromatic nitrogens is 3. The van der Waals surface area contributed by atoms with Gasteiger partial charge < -0.3 is 19.6 Å². The first kappa shape index (κ1) is 21.0. The second kappa shape index (κ2) is 8.92. The van der Waals surface area contributed by atoms with E-state index in [0.717, 1.165) is 35.9 Å². The number of nitrogens with one attached hydrogen (secondary N) is 1. The van der Waals surface area contributed by atoms with Crippen molar-refractivity contribution in [2.45, 2.75) is 38.2 Å². The number of carbonyl (C=O) groups is 1. The second-order valence-electron chi connectivity index (χ2n) is 8.28. The first-order valence-corrected chi connectivity index (χ1v) is 11.3. The van der Waals surface area contributed by atoms with E-state index in [0.29, 0.717) is 48.4 Å². The van der Waals surface area contributed by atoms with Gasteiger partial charge in [-0.25, -0.2) is 4.98 Å². The second-order valence-corrected chi connectivity index (χ2v) is 8.68. The van der Waals surface area contributed by atoms with Crippen molar-refractivity contribution in [1.82, 2.24) is 15.0 Å². The molecule has 3 heterocycles. The first-order chi connectivity index (χ1) is 15.6. The van der Waals surface area contributed by atoms with Crippen molar-refractivity contribution in [3.63, 3.8) is 0 Å². The molecule has 1 atom stereocenters. The van der Waals surface area contributed by atoms with Gasteiger partial charge in [-0.3, -0.25) is 4.79 Å². The van der Waals surface area contributed by atoms with Crippen LogP contribution in [-0.4, -0.2) is 45.3 Å². The number of aromatic amines is 1. The van der Waals surface area contributed by atoms with Crippen LogP contribution in [0.2, 0.25) is 5.02 Å². The van der Waals surface area contributed by atoms with Crippen LogP contribution in [0.1, 0.15) is 37.7 Å². The molecule has 0 radical (unpaired) electrons. The highest BCUT2D eigenvalue weighted by Crippen LogP contribution is 2.33. The highest BCUT2D eigenvalue weighted by molar-refractivity contribution is 6.33. The largest absolute Gasteiger partial charge is 0.481 e. The van der Waals surface area contributed by atoms with Crippen LogP contribution in [-0.2, 0) is 9.53 Å². The van der Waals surface area contributed by atoms with Crippen molar-refractivity contribution in [2.24, 2.45) is 5.92 Å². The fraction of sp³-hybridized carbons (Fsp3) is 0.375. The lowest BCUT2D eigenvalue weighted by atomic mass is 9.86. The van der Waals surface area contributed by atoms with Crippen LogP contribution in [0.15, 0.2) is 36.4 Å². The van der Waals surface area contributed by atoms with E-state index in [-0.39, 0.29) is 12.0 Å². The van der Waals surface area contributed by atoms with Crippen LogP contribution >= 0.6 is 11.6 Å². The Hall–Kier alpha value is -2.90. The molecule has 3 aromatic rings. The molecule has 7 nitrogen and oxygen atoms in total. The van der Waals surface area contributed by atoms with E-state index in [2.05, 4.69) is 15.0 Å². The fourth-order valence-corrected chi connectivity index (χ4v) is 4.53. The molecule has 32 heavy (non-hydrogen) atoms. The third-order valence-corrected chi connectivity index (χ3v) is 6.43. The van der Waals surface area contributed by atoms with Gasteiger partial charge in [0.05, 0.1) is 35.4 Å². The van der Waals surface area contributed by atoms with Gasteiger partial charge >= 0.3 is 5.97 Å². The molecule has 1 unspecified atom stereocenters. The highest BCUT2D eigenvalue weighted by Gasteiger charge is 2.22. The zero-order valence-corrected chi connectivity index (χ0v) is 18.3. The number of halogens is 1. The lowest BCUT2D eigenvalue weighted by molar-refractivity contribution is -0.141. The molecule has 2 N–H and O–H groups in total. The van der Waals surface area contributed by atoms with Crippen molar-refractivity contribution >= 4 is 34.3 Å². The van der Waals surface area contributed by atoms with Crippen LogP contribution < -0.4 is 4.74 Å². The number of fused-ring (bicyclic) bond motifs is 1. The molecule has 0 spiro atoms. The number of ether oxygens (including phenoxy) is 2. The summed E-state index contributed by atoms with van der Waals surface area (Å²) in [5.74, 6) is -0.992. The lowest BCUT2D eigenvalue weighted by Gasteiger charge is -2.21. The first-order valence-electron chi connectivity index (χ1n) is 10.9. The minimum absolute atomic E-state index is 0.0895. The number of allylic oxidation sites excluding steroid dienone is 2. The quantitative estimate of drug-likeness (QED) is 0.557. The molecule has 166 valence electrons. The summed E-state index contributed by atoms with van der Waals surface area (Å²) < 4.78 is 11.3. The standard InChI is InChI=1S/C24H24ClN3O4/c25-19-13-20-22(28-24(26-20)32-18-9-11-31-12-10-18)27-21(19)16-5-1-14(2-6-16)15-3-7-17(8-4-15)23(29)30/h1-3,5-6,13,17-18H,4,7-12H2,(H,29,30)(H,26,27,28). The fourth-order valence-electron chi connectivity index (χ4n) is 4.27. The van der Waals surface area contributed by atoms with Crippen LogP contribution in [0.5, 0.6) is 6.01 Å². The number of rotatable bonds is 5. The van der Waals surface area contributed by atoms with E-state index < -0.39 is 5.97 Å². The lowest BCUT2D eigenvalue weighted by Crippen LogP contribution is -2.26. The van der Waals surface area contributed by atoms with Crippen molar-refractivity contribution in [3.8, 4) is 17.3 Å². The maximum Gasteiger partial charge on any atom is 0.306 e. The Kier molecular flexibility index (Phi) is 5.85. The summed E-state index contributed by atoms with van der Waals surface area (Å²) in [7, 11) is 0. The molecule has 5 rings (SSSR count). The molecule has 1 aromatic carbocycles. The van der Waals surface area contributed by atoms with Crippen LogP contribution in [0.4, 0.5) is 0 Å². The average molecular weight is 454 g/mol. The van der Waals surface area contributed by atoms with Crippen LogP contribution in [0, 0.1) is 5.92 Å². The number of aliphatic carboxylic acids is 1. The number of H-pyrrole nitrogens is 1. The van der Waals surface area contributed by atoms with Crippen LogP contribution in [0.25, 0.3) is 28.0 Å². The van der Waals surface area contributed by atoms with Gasteiger partial charge in [0.1, 0.15) is 6.10 Å². The molecule has 2 aliphatic rings. The van der Waals surface area contributed by atoms with Gasteiger partial charge in [-0.05, 0) is 36.5 Å². The zero-order valence-electron chi connectivity index (χ0n) is 17.5. The van der Waals surface area contributed by atoms with Gasteiger partial charge in [0.15, 0.2) is 5.65 Å². The molecule has 0 bridgehead atoms. The number of benzene rings is 1. The predicted molar refractivity (Wildman–Crippen MR) is 122 cm³/mol. The van der Waals surface area contributed by atoms with E-state index in [4.69, 9.17) is 21.1 Å². The number of carboxylic acids is 1. The Morgan fingerprint density at radius 3 is 2.56 bits per heavy atom. The van der Waals surface area contributed by atoms with Gasteiger partial charge in [-0.1, -0.05) is 41.9 Å². The molecular formula is C24H24ClN3O4. The third-order valence-electron chi connectivity index (χ3n) is 6.14. The molecular weight excluding hydrogens is 430 g/mol. The van der Waals surface area contributed by atoms with Crippen LogP contribution in [0.3, 0.4) is 0 Å². The number of imidazole rings is 1. The maximum absolute atomic E-state index is 11.2. The normalized spacial score (nSPS) is 19.7. The van der Waals surface area contributed by atoms with Gasteiger partial charge in [0.25, 0.3) is 6.01 Å². The third kappa shape index (κ3) is 4.36. The van der Waals surface area contributed by atoms with Gasteiger partial charge in [-0.15, -0.1) is 0 Å². The number of hydrogen-bond donors (Lipinski definition) is 2. The maximum atomic E-state index is 11.2. The van der Waals surface area contributed by atoms with E-state index in [1.807, 2.05) is 36.4 Å². The number of pyridine rings is 1. The molecule has 2 aromatic heterocycles. The van der Waals surface area contributed by atoms with Crippen molar-refractivity contribution in [1.29, 1.82) is 0 Å². The van der Waals surface area contributed by atoms with Crippen molar-refractivity contribution in [2.75, 3.05) is 13.2 Å². The number of nitrogens with zero attached hydrogens (tertiary/aromatic N) is 2. The predicted octanol–water partition coefficient (Wildman–Crippen LogP) is 5.10. The average Bonchev–Trinajstić information content (AvgIpc) is 3.20.